The number of halogens is 2. The van der Waals surface area contributed by atoms with Gasteiger partial charge in [-0.25, -0.2) is 8.78 Å². The molecule has 0 heterocycles. The summed E-state index contributed by atoms with van der Waals surface area (Å²) in [6, 6.07) is 17.4. The van der Waals surface area contributed by atoms with Gasteiger partial charge in [-0.1, -0.05) is 62.2 Å². The molecule has 1 saturated carbocycles. The largest absolute Gasteiger partial charge is 0.508 e. The topological polar surface area (TPSA) is 81.6 Å². The molecule has 0 bridgehead atoms. The van der Waals surface area contributed by atoms with Gasteiger partial charge in [0.15, 0.2) is 0 Å². The van der Waals surface area contributed by atoms with Crippen molar-refractivity contribution in [2.75, 3.05) is 6.54 Å². The van der Waals surface area contributed by atoms with Gasteiger partial charge in [0.05, 0.1) is 18.1 Å². The van der Waals surface area contributed by atoms with Crippen LogP contribution in [0.4, 0.5) is 8.78 Å². The van der Waals surface area contributed by atoms with Crippen molar-refractivity contribution < 1.29 is 23.8 Å². The van der Waals surface area contributed by atoms with Gasteiger partial charge in [-0.15, -0.1) is 0 Å². The summed E-state index contributed by atoms with van der Waals surface area (Å²) in [7, 11) is 0. The van der Waals surface area contributed by atoms with E-state index in [2.05, 4.69) is 29.7 Å². The third kappa shape index (κ3) is 7.87. The summed E-state index contributed by atoms with van der Waals surface area (Å²) in [5.74, 6) is -2.19. The van der Waals surface area contributed by atoms with Crippen LogP contribution in [0.15, 0.2) is 66.7 Å². The molecule has 208 valence electrons. The van der Waals surface area contributed by atoms with E-state index in [1.54, 1.807) is 24.3 Å². The van der Waals surface area contributed by atoms with Crippen LogP contribution in [-0.2, 0) is 24.2 Å². The summed E-state index contributed by atoms with van der Waals surface area (Å²) in [5.41, 5.74) is 3.19. The van der Waals surface area contributed by atoms with Crippen molar-refractivity contribution >= 4 is 5.91 Å². The highest BCUT2D eigenvalue weighted by Crippen LogP contribution is 2.40. The van der Waals surface area contributed by atoms with Crippen LogP contribution in [0.25, 0.3) is 0 Å². The summed E-state index contributed by atoms with van der Waals surface area (Å²) in [6.07, 6.45) is 3.71. The zero-order chi connectivity index (χ0) is 27.8. The molecular formula is C32H38F2N2O3. The lowest BCUT2D eigenvalue weighted by Gasteiger charge is -2.30. The molecular weight excluding hydrogens is 498 g/mol. The summed E-state index contributed by atoms with van der Waals surface area (Å²) >= 11 is 0. The number of rotatable bonds is 12. The zero-order valence-electron chi connectivity index (χ0n) is 22.4. The van der Waals surface area contributed by atoms with Crippen molar-refractivity contribution in [1.29, 1.82) is 0 Å². The number of benzene rings is 3. The van der Waals surface area contributed by atoms with E-state index < -0.39 is 29.7 Å². The Kier molecular flexibility index (Phi) is 10.1. The highest BCUT2D eigenvalue weighted by atomic mass is 19.1. The van der Waals surface area contributed by atoms with E-state index in [4.69, 9.17) is 0 Å². The first-order chi connectivity index (χ1) is 18.8. The van der Waals surface area contributed by atoms with Crippen molar-refractivity contribution in [1.82, 2.24) is 10.6 Å². The molecule has 7 heteroatoms. The van der Waals surface area contributed by atoms with Crippen molar-refractivity contribution in [2.45, 2.75) is 70.1 Å². The lowest BCUT2D eigenvalue weighted by Crippen LogP contribution is -2.50. The van der Waals surface area contributed by atoms with E-state index in [0.717, 1.165) is 43.7 Å². The van der Waals surface area contributed by atoms with E-state index in [9.17, 15) is 23.8 Å². The van der Waals surface area contributed by atoms with E-state index in [0.29, 0.717) is 17.7 Å². The van der Waals surface area contributed by atoms with Crippen LogP contribution in [0, 0.1) is 17.6 Å². The van der Waals surface area contributed by atoms with Gasteiger partial charge in [0.2, 0.25) is 5.91 Å². The minimum atomic E-state index is -1.02. The first-order valence-electron chi connectivity index (χ1n) is 13.8. The number of aliphatic hydroxyl groups is 1. The van der Waals surface area contributed by atoms with E-state index in [1.165, 1.54) is 17.7 Å². The first kappa shape index (κ1) is 28.7. The smallest absolute Gasteiger partial charge is 0.228 e. The summed E-state index contributed by atoms with van der Waals surface area (Å²) in [6.45, 7) is 2.79. The number of nitrogens with one attached hydrogen (secondary N) is 2. The standard InChI is InChI=1S/C32H38F2N2O3/c1-2-21-8-7-9-22(14-21)19-35-20-30(38)28(17-23-15-25(33)18-26(34)16-23)36-32(39)31(24-10-3-4-11-24)27-12-5-6-13-29(27)37/h5-9,12-16,18,24,28,30-31,35,37-38H,2-4,10-11,17,19-20H2,1H3,(H,36,39)/t28-,30+,31?/m0/s1. The maximum absolute atomic E-state index is 14.0. The predicted octanol–water partition coefficient (Wildman–Crippen LogP) is 5.38. The molecule has 0 aromatic heterocycles. The number of hydrogen-bond acceptors (Lipinski definition) is 4. The monoisotopic (exact) mass is 536 g/mol. The van der Waals surface area contributed by atoms with Crippen molar-refractivity contribution in [3.63, 3.8) is 0 Å². The number of aromatic hydroxyl groups is 1. The van der Waals surface area contributed by atoms with E-state index in [1.807, 2.05) is 12.1 Å². The fraction of sp³-hybridized carbons (Fsp3) is 0.406. The third-order valence-corrected chi connectivity index (χ3v) is 7.68. The lowest BCUT2D eigenvalue weighted by molar-refractivity contribution is -0.125. The molecule has 1 aliphatic carbocycles. The number of para-hydroxylation sites is 1. The minimum absolute atomic E-state index is 0.0484. The fourth-order valence-corrected chi connectivity index (χ4v) is 5.66. The SMILES string of the molecule is CCc1cccc(CNC[C@@H](O)[C@H](Cc2cc(F)cc(F)c2)NC(=O)C(c2ccccc2O)C2CCCC2)c1. The molecule has 4 N–H and O–H groups in total. The van der Waals surface area contributed by atoms with Gasteiger partial charge in [0.25, 0.3) is 0 Å². The van der Waals surface area contributed by atoms with Gasteiger partial charge in [-0.2, -0.15) is 0 Å². The number of phenols is 1. The predicted molar refractivity (Wildman–Crippen MR) is 148 cm³/mol. The van der Waals surface area contributed by atoms with Gasteiger partial charge < -0.3 is 20.8 Å². The Balaban J connectivity index is 1.53. The number of aliphatic hydroxyl groups excluding tert-OH is 1. The second-order valence-corrected chi connectivity index (χ2v) is 10.5. The maximum atomic E-state index is 14.0. The maximum Gasteiger partial charge on any atom is 0.228 e. The molecule has 0 saturated heterocycles. The summed E-state index contributed by atoms with van der Waals surface area (Å²) < 4.78 is 27.9. The molecule has 4 rings (SSSR count). The van der Waals surface area contributed by atoms with Crippen LogP contribution in [0.1, 0.15) is 60.8 Å². The second kappa shape index (κ2) is 13.7. The number of hydrogen-bond donors (Lipinski definition) is 4. The van der Waals surface area contributed by atoms with Crippen LogP contribution in [0.3, 0.4) is 0 Å². The van der Waals surface area contributed by atoms with Crippen molar-refractivity contribution in [3.8, 4) is 5.75 Å². The highest BCUT2D eigenvalue weighted by Gasteiger charge is 2.35. The molecule has 1 unspecified atom stereocenters. The Bertz CT molecular complexity index is 1230. The molecule has 3 atom stereocenters. The molecule has 5 nitrogen and oxygen atoms in total. The molecule has 39 heavy (non-hydrogen) atoms. The quantitative estimate of drug-likeness (QED) is 0.250. The Hall–Kier alpha value is -3.29. The molecule has 1 amide bonds. The van der Waals surface area contributed by atoms with Gasteiger partial charge in [0, 0.05) is 24.7 Å². The average Bonchev–Trinajstić information content (AvgIpc) is 3.43. The normalized spacial score (nSPS) is 16.1. The Morgan fingerprint density at radius 1 is 0.949 bits per heavy atom. The Labute approximate surface area is 229 Å². The van der Waals surface area contributed by atoms with Crippen molar-refractivity contribution in [3.05, 3.63) is 101 Å². The second-order valence-electron chi connectivity index (χ2n) is 10.5. The van der Waals surface area contributed by atoms with Crippen LogP contribution < -0.4 is 10.6 Å². The van der Waals surface area contributed by atoms with Crippen molar-refractivity contribution in [2.24, 2.45) is 5.92 Å². The first-order valence-corrected chi connectivity index (χ1v) is 13.8. The van der Waals surface area contributed by atoms with Gasteiger partial charge in [-0.05, 0) is 66.5 Å². The van der Waals surface area contributed by atoms with Crippen LogP contribution in [0.2, 0.25) is 0 Å². The Morgan fingerprint density at radius 3 is 2.33 bits per heavy atom. The van der Waals surface area contributed by atoms with Crippen LogP contribution >= 0.6 is 0 Å². The summed E-state index contributed by atoms with van der Waals surface area (Å²) in [4.78, 5) is 13.8. The fourth-order valence-electron chi connectivity index (χ4n) is 5.66. The van der Waals surface area contributed by atoms with E-state index in [-0.39, 0.29) is 30.5 Å². The number of carbonyl (C=O) groups is 1. The number of amides is 1. The molecule has 1 aliphatic rings. The third-order valence-electron chi connectivity index (χ3n) is 7.68. The molecule has 3 aromatic carbocycles. The average molecular weight is 537 g/mol. The summed E-state index contributed by atoms with van der Waals surface area (Å²) in [5, 5.41) is 28.0. The van der Waals surface area contributed by atoms with Crippen LogP contribution in [-0.4, -0.2) is 34.8 Å². The van der Waals surface area contributed by atoms with Gasteiger partial charge in [-0.3, -0.25) is 4.79 Å². The lowest BCUT2D eigenvalue weighted by atomic mass is 9.83. The number of aryl methyl sites for hydroxylation is 1. The molecule has 1 fully saturated rings. The minimum Gasteiger partial charge on any atom is -0.508 e. The zero-order valence-corrected chi connectivity index (χ0v) is 22.4. The van der Waals surface area contributed by atoms with E-state index >= 15 is 0 Å². The van der Waals surface area contributed by atoms with Gasteiger partial charge in [0.1, 0.15) is 17.4 Å². The highest BCUT2D eigenvalue weighted by molar-refractivity contribution is 5.85. The van der Waals surface area contributed by atoms with Crippen LogP contribution in [0.5, 0.6) is 5.75 Å². The number of phenolic OH excluding ortho intramolecular Hbond substituents is 1. The molecule has 0 spiro atoms. The molecule has 0 aliphatic heterocycles. The van der Waals surface area contributed by atoms with Gasteiger partial charge >= 0.3 is 0 Å². The number of carbonyl (C=O) groups excluding carboxylic acids is 1. The molecule has 3 aromatic rings. The molecule has 0 radical (unpaired) electrons. The Morgan fingerprint density at radius 2 is 1.64 bits per heavy atom.